The van der Waals surface area contributed by atoms with Gasteiger partial charge in [-0.05, 0) is 18.9 Å². The van der Waals surface area contributed by atoms with E-state index in [0.29, 0.717) is 25.2 Å². The van der Waals surface area contributed by atoms with Crippen LogP contribution in [-0.2, 0) is 18.9 Å². The van der Waals surface area contributed by atoms with E-state index in [1.165, 1.54) is 0 Å². The maximum Gasteiger partial charge on any atom is 0.365 e. The number of nitrogens with zero attached hydrogens (tertiary/aromatic N) is 3. The van der Waals surface area contributed by atoms with E-state index in [1.807, 2.05) is 0 Å². The fraction of sp³-hybridized carbons (Fsp3) is 0.778. The van der Waals surface area contributed by atoms with Gasteiger partial charge in [-0.25, -0.2) is 8.78 Å². The summed E-state index contributed by atoms with van der Waals surface area (Å²) in [5, 5.41) is 6.75. The smallest absolute Gasteiger partial charge is 0.330 e. The summed E-state index contributed by atoms with van der Waals surface area (Å²) in [7, 11) is 0. The molecule has 1 aromatic heterocycles. The molecule has 0 radical (unpaired) electrons. The number of fused-ring (bicyclic) bond motifs is 1. The average Bonchev–Trinajstić information content (AvgIpc) is 2.71. The minimum absolute atomic E-state index is 0.153. The highest BCUT2D eigenvalue weighted by molar-refractivity contribution is 5.06. The van der Waals surface area contributed by atoms with E-state index in [4.69, 9.17) is 5.73 Å². The Morgan fingerprint density at radius 1 is 1.41 bits per heavy atom. The molecule has 2 rings (SSSR count). The molecule has 0 saturated carbocycles. The third kappa shape index (κ3) is 2.01. The molecule has 0 bridgehead atoms. The molecule has 1 aliphatic heterocycles. The Morgan fingerprint density at radius 3 is 2.71 bits per heavy atom. The standard InChI is InChI=1S/C9H12F4N4/c10-7(11)9(12,13)8-16-15-6-3-5(4-14)1-2-17(6)8/h5,7H,1-4,14H2. The van der Waals surface area contributed by atoms with E-state index in [0.717, 1.165) is 4.57 Å². The van der Waals surface area contributed by atoms with Gasteiger partial charge in [-0.1, -0.05) is 0 Å². The molecule has 0 aromatic carbocycles. The third-order valence-corrected chi connectivity index (χ3v) is 2.97. The van der Waals surface area contributed by atoms with Gasteiger partial charge in [-0.15, -0.1) is 10.2 Å². The summed E-state index contributed by atoms with van der Waals surface area (Å²) in [6.45, 7) is 0.634. The van der Waals surface area contributed by atoms with Gasteiger partial charge in [0.25, 0.3) is 0 Å². The predicted octanol–water partition coefficient (Wildman–Crippen LogP) is 1.16. The molecule has 2 heterocycles. The molecular weight excluding hydrogens is 240 g/mol. The third-order valence-electron chi connectivity index (χ3n) is 2.97. The van der Waals surface area contributed by atoms with Crippen LogP contribution < -0.4 is 5.73 Å². The summed E-state index contributed by atoms with van der Waals surface area (Å²) < 4.78 is 51.9. The number of hydrogen-bond acceptors (Lipinski definition) is 3. The summed E-state index contributed by atoms with van der Waals surface area (Å²) in [5.41, 5.74) is 5.48. The van der Waals surface area contributed by atoms with Gasteiger partial charge in [-0.2, -0.15) is 8.78 Å². The van der Waals surface area contributed by atoms with E-state index in [-0.39, 0.29) is 12.5 Å². The van der Waals surface area contributed by atoms with Gasteiger partial charge in [0.1, 0.15) is 5.82 Å². The van der Waals surface area contributed by atoms with E-state index >= 15 is 0 Å². The molecule has 0 aliphatic carbocycles. The van der Waals surface area contributed by atoms with E-state index in [9.17, 15) is 17.6 Å². The molecule has 96 valence electrons. The topological polar surface area (TPSA) is 56.7 Å². The summed E-state index contributed by atoms with van der Waals surface area (Å²) >= 11 is 0. The summed E-state index contributed by atoms with van der Waals surface area (Å²) in [6, 6.07) is 0. The Bertz CT molecular complexity index is 404. The Balaban J connectivity index is 2.32. The average molecular weight is 252 g/mol. The first-order chi connectivity index (χ1) is 7.96. The van der Waals surface area contributed by atoms with Crippen molar-refractivity contribution in [3.63, 3.8) is 0 Å². The first-order valence-electron chi connectivity index (χ1n) is 5.25. The molecule has 0 spiro atoms. The minimum Gasteiger partial charge on any atom is -0.330 e. The molecule has 17 heavy (non-hydrogen) atoms. The first-order valence-corrected chi connectivity index (χ1v) is 5.25. The van der Waals surface area contributed by atoms with Gasteiger partial charge < -0.3 is 10.3 Å². The van der Waals surface area contributed by atoms with Crippen LogP contribution in [0.5, 0.6) is 0 Å². The number of nitrogens with two attached hydrogens (primary N) is 1. The van der Waals surface area contributed by atoms with Crippen molar-refractivity contribution >= 4 is 0 Å². The Labute approximate surface area is 94.8 Å². The number of alkyl halides is 4. The first kappa shape index (κ1) is 12.3. The van der Waals surface area contributed by atoms with Gasteiger partial charge in [-0.3, -0.25) is 0 Å². The van der Waals surface area contributed by atoms with Crippen LogP contribution in [0.15, 0.2) is 0 Å². The monoisotopic (exact) mass is 252 g/mol. The highest BCUT2D eigenvalue weighted by atomic mass is 19.3. The van der Waals surface area contributed by atoms with Crippen LogP contribution in [0.1, 0.15) is 18.1 Å². The van der Waals surface area contributed by atoms with Crippen LogP contribution in [0.2, 0.25) is 0 Å². The van der Waals surface area contributed by atoms with E-state index < -0.39 is 18.2 Å². The Morgan fingerprint density at radius 2 is 2.12 bits per heavy atom. The Kier molecular flexibility index (Phi) is 3.07. The number of halogens is 4. The molecule has 0 fully saturated rings. The van der Waals surface area contributed by atoms with Crippen LogP contribution in [0.4, 0.5) is 17.6 Å². The van der Waals surface area contributed by atoms with Crippen molar-refractivity contribution in [2.45, 2.75) is 31.7 Å². The normalized spacial score (nSPS) is 20.7. The van der Waals surface area contributed by atoms with Gasteiger partial charge in [0.05, 0.1) is 0 Å². The molecule has 0 amide bonds. The molecule has 1 aromatic rings. The predicted molar refractivity (Wildman–Crippen MR) is 50.8 cm³/mol. The van der Waals surface area contributed by atoms with Gasteiger partial charge in [0.15, 0.2) is 0 Å². The van der Waals surface area contributed by atoms with Crippen molar-refractivity contribution in [1.29, 1.82) is 0 Å². The fourth-order valence-electron chi connectivity index (χ4n) is 1.94. The lowest BCUT2D eigenvalue weighted by molar-refractivity contribution is -0.143. The van der Waals surface area contributed by atoms with Crippen LogP contribution in [0, 0.1) is 5.92 Å². The zero-order chi connectivity index (χ0) is 12.6. The minimum atomic E-state index is -4.25. The molecule has 1 atom stereocenters. The molecule has 1 aliphatic rings. The van der Waals surface area contributed by atoms with Gasteiger partial charge in [0, 0.05) is 13.0 Å². The highest BCUT2D eigenvalue weighted by Crippen LogP contribution is 2.35. The lowest BCUT2D eigenvalue weighted by Gasteiger charge is -2.24. The number of aromatic nitrogens is 3. The lowest BCUT2D eigenvalue weighted by atomic mass is 9.98. The summed E-state index contributed by atoms with van der Waals surface area (Å²) in [6.07, 6.45) is -2.79. The zero-order valence-corrected chi connectivity index (χ0v) is 8.91. The second kappa shape index (κ2) is 4.25. The van der Waals surface area contributed by atoms with Gasteiger partial charge in [0.2, 0.25) is 5.82 Å². The molecule has 1 unspecified atom stereocenters. The zero-order valence-electron chi connectivity index (χ0n) is 8.91. The summed E-state index contributed by atoms with van der Waals surface area (Å²) in [5.74, 6) is -4.74. The van der Waals surface area contributed by atoms with Crippen molar-refractivity contribution in [2.75, 3.05) is 6.54 Å². The highest BCUT2D eigenvalue weighted by Gasteiger charge is 2.48. The molecule has 2 N–H and O–H groups in total. The van der Waals surface area contributed by atoms with Crippen molar-refractivity contribution in [3.8, 4) is 0 Å². The van der Waals surface area contributed by atoms with E-state index in [2.05, 4.69) is 10.2 Å². The van der Waals surface area contributed by atoms with Crippen LogP contribution >= 0.6 is 0 Å². The lowest BCUT2D eigenvalue weighted by Crippen LogP contribution is -2.32. The maximum absolute atomic E-state index is 13.2. The second-order valence-corrected chi connectivity index (χ2v) is 4.11. The van der Waals surface area contributed by atoms with Crippen molar-refractivity contribution in [2.24, 2.45) is 11.7 Å². The van der Waals surface area contributed by atoms with Gasteiger partial charge >= 0.3 is 12.3 Å². The van der Waals surface area contributed by atoms with Crippen LogP contribution in [0.3, 0.4) is 0 Å². The Hall–Kier alpha value is -1.18. The van der Waals surface area contributed by atoms with E-state index in [1.54, 1.807) is 0 Å². The summed E-state index contributed by atoms with van der Waals surface area (Å²) in [4.78, 5) is 0. The number of hydrogen-bond donors (Lipinski definition) is 1. The number of rotatable bonds is 3. The quantitative estimate of drug-likeness (QED) is 0.821. The SMILES string of the molecule is NCC1CCn2c(nnc2C(F)(F)C(F)F)C1. The largest absolute Gasteiger partial charge is 0.365 e. The molecule has 0 saturated heterocycles. The molecule has 8 heteroatoms. The maximum atomic E-state index is 13.2. The van der Waals surface area contributed by atoms with Crippen LogP contribution in [0.25, 0.3) is 0 Å². The van der Waals surface area contributed by atoms with Crippen LogP contribution in [-0.4, -0.2) is 27.7 Å². The molecular formula is C9H12F4N4. The second-order valence-electron chi connectivity index (χ2n) is 4.11. The molecule has 4 nitrogen and oxygen atoms in total. The fourth-order valence-corrected chi connectivity index (χ4v) is 1.94. The van der Waals surface area contributed by atoms with Crippen molar-refractivity contribution in [1.82, 2.24) is 14.8 Å². The van der Waals surface area contributed by atoms with Crippen molar-refractivity contribution in [3.05, 3.63) is 11.6 Å². The van der Waals surface area contributed by atoms with Crippen molar-refractivity contribution < 1.29 is 17.6 Å².